The Hall–Kier alpha value is -2.11. The van der Waals surface area contributed by atoms with E-state index in [1.54, 1.807) is 18.5 Å². The van der Waals surface area contributed by atoms with Gasteiger partial charge < -0.3 is 9.47 Å². The quantitative estimate of drug-likeness (QED) is 0.539. The van der Waals surface area contributed by atoms with Crippen molar-refractivity contribution in [2.24, 2.45) is 5.92 Å². The molecule has 0 saturated carbocycles. The number of ether oxygens (including phenoxy) is 2. The average Bonchev–Trinajstić information content (AvgIpc) is 2.53. The smallest absolute Gasteiger partial charge is 0.348 e. The molecular formula is C18H28N2O4. The summed E-state index contributed by atoms with van der Waals surface area (Å²) in [5, 5.41) is 0. The highest BCUT2D eigenvalue weighted by Crippen LogP contribution is 2.21. The van der Waals surface area contributed by atoms with E-state index in [0.29, 0.717) is 18.7 Å². The van der Waals surface area contributed by atoms with Gasteiger partial charge in [-0.3, -0.25) is 4.57 Å². The lowest BCUT2D eigenvalue weighted by atomic mass is 10.0. The first-order chi connectivity index (χ1) is 11.3. The van der Waals surface area contributed by atoms with Crippen molar-refractivity contribution in [2.45, 2.75) is 53.0 Å². The lowest BCUT2D eigenvalue weighted by molar-refractivity contribution is -0.145. The van der Waals surface area contributed by atoms with Crippen molar-refractivity contribution in [1.29, 1.82) is 0 Å². The third kappa shape index (κ3) is 5.22. The largest absolute Gasteiger partial charge is 0.501 e. The van der Waals surface area contributed by atoms with Gasteiger partial charge in [-0.05, 0) is 31.3 Å². The highest BCUT2D eigenvalue weighted by Gasteiger charge is 2.25. The molecule has 6 nitrogen and oxygen atoms in total. The van der Waals surface area contributed by atoms with E-state index in [2.05, 4.69) is 4.98 Å². The minimum Gasteiger partial charge on any atom is -0.501 e. The molecule has 0 spiro atoms. The van der Waals surface area contributed by atoms with Gasteiger partial charge in [0, 0.05) is 11.8 Å². The van der Waals surface area contributed by atoms with E-state index in [0.717, 1.165) is 5.56 Å². The standard InChI is InChI=1S/C18H28N2O4/c1-7-24-9-8-14-11-20(18(22)19-16(14)13(4)5)15(10-12(2)3)17(21)23-6/h8-9,11-13,15H,7,10H2,1-6H3/b9-8+/t15-/m0/s1. The summed E-state index contributed by atoms with van der Waals surface area (Å²) in [5.74, 6) is -0.131. The van der Waals surface area contributed by atoms with E-state index in [9.17, 15) is 9.59 Å². The van der Waals surface area contributed by atoms with Crippen molar-refractivity contribution < 1.29 is 14.3 Å². The van der Waals surface area contributed by atoms with Gasteiger partial charge in [-0.1, -0.05) is 27.7 Å². The van der Waals surface area contributed by atoms with Gasteiger partial charge >= 0.3 is 11.7 Å². The van der Waals surface area contributed by atoms with Crippen LogP contribution in [-0.4, -0.2) is 29.2 Å². The van der Waals surface area contributed by atoms with E-state index >= 15 is 0 Å². The van der Waals surface area contributed by atoms with Gasteiger partial charge in [-0.25, -0.2) is 9.59 Å². The number of hydrogen-bond donors (Lipinski definition) is 0. The zero-order chi connectivity index (χ0) is 18.3. The SMILES string of the molecule is CCO/C=C/c1cn([C@@H](CC(C)C)C(=O)OC)c(=O)nc1C(C)C. The summed E-state index contributed by atoms with van der Waals surface area (Å²) in [6, 6.07) is -0.685. The van der Waals surface area contributed by atoms with Crippen molar-refractivity contribution in [3.05, 3.63) is 34.2 Å². The monoisotopic (exact) mass is 336 g/mol. The Morgan fingerprint density at radius 3 is 2.50 bits per heavy atom. The van der Waals surface area contributed by atoms with Gasteiger partial charge in [-0.15, -0.1) is 0 Å². The van der Waals surface area contributed by atoms with Crippen LogP contribution >= 0.6 is 0 Å². The van der Waals surface area contributed by atoms with Crippen LogP contribution in [0, 0.1) is 5.92 Å². The first-order valence-electron chi connectivity index (χ1n) is 8.30. The summed E-state index contributed by atoms with van der Waals surface area (Å²) in [5.41, 5.74) is 0.999. The van der Waals surface area contributed by atoms with E-state index in [4.69, 9.17) is 9.47 Å². The summed E-state index contributed by atoms with van der Waals surface area (Å²) >= 11 is 0. The summed E-state index contributed by atoms with van der Waals surface area (Å²) in [6.07, 6.45) is 5.52. The Bertz CT molecular complexity index is 632. The fourth-order valence-electron chi connectivity index (χ4n) is 2.43. The molecule has 0 saturated heterocycles. The second-order valence-corrected chi connectivity index (χ2v) is 6.35. The fourth-order valence-corrected chi connectivity index (χ4v) is 2.43. The minimum absolute atomic E-state index is 0.0790. The van der Waals surface area contributed by atoms with Crippen molar-refractivity contribution in [3.63, 3.8) is 0 Å². The summed E-state index contributed by atoms with van der Waals surface area (Å²) in [4.78, 5) is 28.8. The highest BCUT2D eigenvalue weighted by atomic mass is 16.5. The normalized spacial score (nSPS) is 12.8. The van der Waals surface area contributed by atoms with Gasteiger partial charge in [0.2, 0.25) is 0 Å². The van der Waals surface area contributed by atoms with Crippen LogP contribution in [0.25, 0.3) is 6.08 Å². The van der Waals surface area contributed by atoms with Crippen molar-refractivity contribution in [3.8, 4) is 0 Å². The van der Waals surface area contributed by atoms with Crippen LogP contribution < -0.4 is 5.69 Å². The van der Waals surface area contributed by atoms with E-state index in [1.807, 2.05) is 34.6 Å². The maximum absolute atomic E-state index is 12.5. The third-order valence-corrected chi connectivity index (χ3v) is 3.57. The Morgan fingerprint density at radius 2 is 2.00 bits per heavy atom. The molecule has 1 atom stereocenters. The van der Waals surface area contributed by atoms with Crippen LogP contribution in [0.4, 0.5) is 0 Å². The maximum Gasteiger partial charge on any atom is 0.348 e. The topological polar surface area (TPSA) is 70.4 Å². The van der Waals surface area contributed by atoms with Crippen LogP contribution in [0.2, 0.25) is 0 Å². The minimum atomic E-state index is -0.685. The number of hydrogen-bond acceptors (Lipinski definition) is 5. The van der Waals surface area contributed by atoms with Crippen LogP contribution in [0.15, 0.2) is 17.3 Å². The number of esters is 1. The maximum atomic E-state index is 12.5. The molecule has 0 radical (unpaired) electrons. The highest BCUT2D eigenvalue weighted by molar-refractivity contribution is 5.74. The number of methoxy groups -OCH3 is 1. The van der Waals surface area contributed by atoms with Gasteiger partial charge in [-0.2, -0.15) is 4.98 Å². The number of carbonyl (C=O) groups excluding carboxylic acids is 1. The number of carbonyl (C=O) groups is 1. The predicted octanol–water partition coefficient (Wildman–Crippen LogP) is 3.13. The molecule has 0 amide bonds. The molecule has 0 fully saturated rings. The Balaban J connectivity index is 3.42. The number of aromatic nitrogens is 2. The third-order valence-electron chi connectivity index (χ3n) is 3.57. The van der Waals surface area contributed by atoms with Crippen LogP contribution in [-0.2, 0) is 14.3 Å². The summed E-state index contributed by atoms with van der Waals surface area (Å²) in [7, 11) is 1.33. The lowest BCUT2D eigenvalue weighted by Crippen LogP contribution is -2.34. The molecule has 1 aromatic heterocycles. The molecule has 0 bridgehead atoms. The Morgan fingerprint density at radius 1 is 1.33 bits per heavy atom. The Kier molecular flexibility index (Phi) is 7.68. The predicted molar refractivity (Wildman–Crippen MR) is 93.8 cm³/mol. The molecule has 1 heterocycles. The molecule has 1 aromatic rings. The molecule has 0 aliphatic rings. The molecule has 134 valence electrons. The van der Waals surface area contributed by atoms with Crippen molar-refractivity contribution in [1.82, 2.24) is 9.55 Å². The molecule has 24 heavy (non-hydrogen) atoms. The van der Waals surface area contributed by atoms with E-state index in [1.165, 1.54) is 11.7 Å². The summed E-state index contributed by atoms with van der Waals surface area (Å²) < 4.78 is 11.5. The van der Waals surface area contributed by atoms with Gasteiger partial charge in [0.05, 0.1) is 25.7 Å². The number of nitrogens with zero attached hydrogens (tertiary/aromatic N) is 2. The molecular weight excluding hydrogens is 308 g/mol. The molecule has 0 unspecified atom stereocenters. The molecule has 1 rings (SSSR count). The molecule has 0 aliphatic heterocycles. The molecule has 6 heteroatoms. The second kappa shape index (κ2) is 9.25. The van der Waals surface area contributed by atoms with Gasteiger partial charge in [0.25, 0.3) is 0 Å². The van der Waals surface area contributed by atoms with Gasteiger partial charge in [0.1, 0.15) is 6.04 Å². The average molecular weight is 336 g/mol. The fraction of sp³-hybridized carbons (Fsp3) is 0.611. The number of rotatable bonds is 8. The van der Waals surface area contributed by atoms with Crippen molar-refractivity contribution in [2.75, 3.05) is 13.7 Å². The van der Waals surface area contributed by atoms with E-state index in [-0.39, 0.29) is 11.8 Å². The van der Waals surface area contributed by atoms with E-state index < -0.39 is 17.7 Å². The van der Waals surface area contributed by atoms with Crippen molar-refractivity contribution >= 4 is 12.0 Å². The molecule has 0 aliphatic carbocycles. The lowest BCUT2D eigenvalue weighted by Gasteiger charge is -2.20. The van der Waals surface area contributed by atoms with Gasteiger partial charge in [0.15, 0.2) is 0 Å². The van der Waals surface area contributed by atoms with Crippen LogP contribution in [0.1, 0.15) is 64.3 Å². The molecule has 0 N–H and O–H groups in total. The zero-order valence-electron chi connectivity index (χ0n) is 15.4. The zero-order valence-corrected chi connectivity index (χ0v) is 15.4. The first kappa shape index (κ1) is 19.9. The summed E-state index contributed by atoms with van der Waals surface area (Å²) in [6.45, 7) is 10.4. The molecule has 0 aromatic carbocycles. The van der Waals surface area contributed by atoms with Crippen LogP contribution in [0.3, 0.4) is 0 Å². The Labute approximate surface area is 143 Å². The first-order valence-corrected chi connectivity index (χ1v) is 8.30. The second-order valence-electron chi connectivity index (χ2n) is 6.35. The van der Waals surface area contributed by atoms with Crippen LogP contribution in [0.5, 0.6) is 0 Å².